The van der Waals surface area contributed by atoms with Gasteiger partial charge in [-0.25, -0.2) is 0 Å². The van der Waals surface area contributed by atoms with Gasteiger partial charge in [0.2, 0.25) is 0 Å². The van der Waals surface area contributed by atoms with Crippen LogP contribution in [0.3, 0.4) is 0 Å². The van der Waals surface area contributed by atoms with Gasteiger partial charge >= 0.3 is 0 Å². The van der Waals surface area contributed by atoms with E-state index < -0.39 is 0 Å². The van der Waals surface area contributed by atoms with E-state index in [0.717, 1.165) is 19.3 Å². The highest BCUT2D eigenvalue weighted by Crippen LogP contribution is 2.65. The van der Waals surface area contributed by atoms with E-state index in [2.05, 4.69) is 181 Å². The molecule has 2 heteroatoms. The number of fused-ring (bicyclic) bond motifs is 2. The van der Waals surface area contributed by atoms with Gasteiger partial charge in [-0.3, -0.25) is 0 Å². The second kappa shape index (κ2) is 15.7. The first kappa shape index (κ1) is 44.1. The van der Waals surface area contributed by atoms with Gasteiger partial charge < -0.3 is 9.80 Å². The quantitative estimate of drug-likeness (QED) is 0.265. The van der Waals surface area contributed by atoms with E-state index in [-0.39, 0.29) is 33.2 Å². The van der Waals surface area contributed by atoms with E-state index in [9.17, 15) is 0 Å². The van der Waals surface area contributed by atoms with Gasteiger partial charge in [0.15, 0.2) is 0 Å². The van der Waals surface area contributed by atoms with Crippen LogP contribution in [0.4, 0.5) is 5.69 Å². The standard InChI is InChI=1S/C57H84N2/c1-37(2)52-39(4)38(3)30-49(40(52)5)41-31-47(58(45-24-20-22-42(33-45)53(6,7)8)46-25-21-23-43(34-46)54(9,10)11)36-48(32-41)59-51-27-26-44(55(12,13)14)35-50(51)57(56(59,15)16)28-18-17-19-29-57/h20,22,24-27,31,33-34,36-39,48-50H,17-19,21,23,28-30,32,35H2,1-16H3. The highest BCUT2D eigenvalue weighted by molar-refractivity contribution is 5.66. The summed E-state index contributed by atoms with van der Waals surface area (Å²) in [6, 6.07) is 9.80. The molecule has 1 saturated heterocycles. The summed E-state index contributed by atoms with van der Waals surface area (Å²) < 4.78 is 0. The Balaban J connectivity index is 1.47. The van der Waals surface area contributed by atoms with Crippen molar-refractivity contribution in [1.29, 1.82) is 0 Å². The molecule has 322 valence electrons. The van der Waals surface area contributed by atoms with E-state index >= 15 is 0 Å². The molecule has 2 fully saturated rings. The Labute approximate surface area is 363 Å². The highest BCUT2D eigenvalue weighted by Gasteiger charge is 2.62. The first-order valence-corrected chi connectivity index (χ1v) is 24.1. The van der Waals surface area contributed by atoms with Gasteiger partial charge in [0, 0.05) is 45.6 Å². The van der Waals surface area contributed by atoms with Crippen molar-refractivity contribution in [3.05, 3.63) is 111 Å². The molecule has 1 heterocycles. The summed E-state index contributed by atoms with van der Waals surface area (Å²) in [5.74, 6) is 2.90. The largest absolute Gasteiger partial charge is 0.362 e. The molecule has 1 spiro atoms. The lowest BCUT2D eigenvalue weighted by Gasteiger charge is -2.52. The van der Waals surface area contributed by atoms with Crippen LogP contribution in [0.25, 0.3) is 0 Å². The Bertz CT molecular complexity index is 1990. The summed E-state index contributed by atoms with van der Waals surface area (Å²) in [5.41, 5.74) is 15.9. The molecule has 5 unspecified atom stereocenters. The van der Waals surface area contributed by atoms with Crippen molar-refractivity contribution in [3.8, 4) is 0 Å². The number of hydrogen-bond donors (Lipinski definition) is 0. The van der Waals surface area contributed by atoms with Gasteiger partial charge in [0.1, 0.15) is 0 Å². The van der Waals surface area contributed by atoms with Crippen molar-refractivity contribution in [3.63, 3.8) is 0 Å². The van der Waals surface area contributed by atoms with Gasteiger partial charge in [-0.15, -0.1) is 0 Å². The summed E-state index contributed by atoms with van der Waals surface area (Å²) in [6.07, 6.45) is 28.3. The topological polar surface area (TPSA) is 6.48 Å². The molecular weight excluding hydrogens is 713 g/mol. The Hall–Kier alpha value is -3.00. The smallest absolute Gasteiger partial charge is 0.0536 e. The molecule has 0 radical (unpaired) electrons. The number of anilines is 1. The average Bonchev–Trinajstić information content (AvgIpc) is 3.33. The van der Waals surface area contributed by atoms with Gasteiger partial charge in [-0.2, -0.15) is 0 Å². The van der Waals surface area contributed by atoms with E-state index in [4.69, 9.17) is 0 Å². The lowest BCUT2D eigenvalue weighted by Crippen LogP contribution is -2.54. The molecule has 1 aromatic carbocycles. The first-order valence-electron chi connectivity index (χ1n) is 24.1. The molecule has 0 amide bonds. The fourth-order valence-electron chi connectivity index (χ4n) is 13.1. The minimum Gasteiger partial charge on any atom is -0.362 e. The van der Waals surface area contributed by atoms with Crippen LogP contribution in [0.5, 0.6) is 0 Å². The third kappa shape index (κ3) is 8.00. The SMILES string of the molecule is CC1=C(C(C)C)C(C)C(C)CC1C1=CC(N(C2=CCCC(C(C)(C)C)=C2)c2cccc(C(C)(C)C)c2)=CC(N2C3=CC=C(C(C)(C)C)CC3C3(CCCCC3)C2(C)C)C1. The second-order valence-electron chi connectivity index (χ2n) is 24.1. The zero-order valence-corrected chi connectivity index (χ0v) is 40.7. The molecule has 5 aliphatic carbocycles. The van der Waals surface area contributed by atoms with Crippen molar-refractivity contribution < 1.29 is 0 Å². The van der Waals surface area contributed by atoms with Crippen LogP contribution in [-0.4, -0.2) is 16.5 Å². The number of likely N-dealkylation sites (tertiary alicyclic amines) is 1. The van der Waals surface area contributed by atoms with E-state index in [1.807, 2.05) is 0 Å². The monoisotopic (exact) mass is 797 g/mol. The van der Waals surface area contributed by atoms with Crippen molar-refractivity contribution >= 4 is 5.69 Å². The Morgan fingerprint density at radius 2 is 1.47 bits per heavy atom. The molecule has 0 N–H and O–H groups in total. The van der Waals surface area contributed by atoms with Crippen LogP contribution in [0.15, 0.2) is 106 Å². The predicted octanol–water partition coefficient (Wildman–Crippen LogP) is 16.2. The molecular formula is C57H84N2. The maximum absolute atomic E-state index is 3.03. The van der Waals surface area contributed by atoms with E-state index in [1.54, 1.807) is 33.6 Å². The molecule has 1 aliphatic heterocycles. The minimum absolute atomic E-state index is 0.0303. The van der Waals surface area contributed by atoms with Crippen molar-refractivity contribution in [2.75, 3.05) is 4.90 Å². The van der Waals surface area contributed by atoms with Gasteiger partial charge in [-0.1, -0.05) is 161 Å². The molecule has 0 bridgehead atoms. The average molecular weight is 797 g/mol. The maximum Gasteiger partial charge on any atom is 0.0536 e. The zero-order valence-electron chi connectivity index (χ0n) is 40.7. The molecule has 5 atom stereocenters. The van der Waals surface area contributed by atoms with E-state index in [0.29, 0.717) is 29.6 Å². The Morgan fingerprint density at radius 1 is 0.797 bits per heavy atom. The number of rotatable bonds is 6. The van der Waals surface area contributed by atoms with Gasteiger partial charge in [-0.05, 0) is 142 Å². The van der Waals surface area contributed by atoms with Crippen LogP contribution < -0.4 is 4.90 Å². The third-order valence-corrected chi connectivity index (χ3v) is 16.7. The van der Waals surface area contributed by atoms with Crippen molar-refractivity contribution in [2.24, 2.45) is 45.8 Å². The fraction of sp³-hybridized carbons (Fsp3) is 0.649. The summed E-state index contributed by atoms with van der Waals surface area (Å²) in [5, 5.41) is 0. The maximum atomic E-state index is 3.03. The predicted molar refractivity (Wildman–Crippen MR) is 256 cm³/mol. The van der Waals surface area contributed by atoms with Crippen LogP contribution >= 0.6 is 0 Å². The number of nitrogens with zero attached hydrogens (tertiary/aromatic N) is 2. The Morgan fingerprint density at radius 3 is 2.10 bits per heavy atom. The molecule has 59 heavy (non-hydrogen) atoms. The summed E-state index contributed by atoms with van der Waals surface area (Å²) >= 11 is 0. The molecule has 1 saturated carbocycles. The van der Waals surface area contributed by atoms with Gasteiger partial charge in [0.25, 0.3) is 0 Å². The Kier molecular flexibility index (Phi) is 11.7. The van der Waals surface area contributed by atoms with Gasteiger partial charge in [0.05, 0.1) is 6.04 Å². The zero-order chi connectivity index (χ0) is 43.0. The lowest BCUT2D eigenvalue weighted by molar-refractivity contribution is 0.00680. The summed E-state index contributed by atoms with van der Waals surface area (Å²) in [7, 11) is 0. The molecule has 6 aliphatic rings. The van der Waals surface area contributed by atoms with Crippen molar-refractivity contribution in [1.82, 2.24) is 4.90 Å². The number of allylic oxidation sites excluding steroid dienone is 10. The third-order valence-electron chi connectivity index (χ3n) is 16.7. The minimum atomic E-state index is 0.0303. The molecule has 0 aromatic heterocycles. The first-order chi connectivity index (χ1) is 27.5. The molecule has 1 aromatic rings. The molecule has 7 rings (SSSR count). The highest BCUT2D eigenvalue weighted by atomic mass is 15.3. The van der Waals surface area contributed by atoms with E-state index in [1.165, 1.54) is 67.6 Å². The van der Waals surface area contributed by atoms with Crippen LogP contribution in [0, 0.1) is 45.8 Å². The normalized spacial score (nSPS) is 28.8. The van der Waals surface area contributed by atoms with Crippen LogP contribution in [0.2, 0.25) is 0 Å². The lowest BCUT2D eigenvalue weighted by atomic mass is 9.56. The van der Waals surface area contributed by atoms with Crippen LogP contribution in [-0.2, 0) is 5.41 Å². The summed E-state index contributed by atoms with van der Waals surface area (Å²) in [6.45, 7) is 39.4. The number of benzene rings is 1. The van der Waals surface area contributed by atoms with Crippen LogP contribution in [0.1, 0.15) is 181 Å². The fourth-order valence-corrected chi connectivity index (χ4v) is 13.1. The second-order valence-corrected chi connectivity index (χ2v) is 24.1. The van der Waals surface area contributed by atoms with Crippen molar-refractivity contribution in [2.45, 2.75) is 192 Å². The molecule has 2 nitrogen and oxygen atoms in total. The summed E-state index contributed by atoms with van der Waals surface area (Å²) in [4.78, 5) is 5.71. The number of hydrogen-bond acceptors (Lipinski definition) is 2.